The maximum Gasteiger partial charge on any atom is 0.256 e. The molecule has 2 aromatic heterocycles. The first-order chi connectivity index (χ1) is 12.2. The van der Waals surface area contributed by atoms with Gasteiger partial charge >= 0.3 is 0 Å². The number of methoxy groups -OCH3 is 1. The van der Waals surface area contributed by atoms with E-state index >= 15 is 0 Å². The molecule has 0 amide bonds. The Morgan fingerprint density at radius 1 is 1.32 bits per heavy atom. The van der Waals surface area contributed by atoms with Gasteiger partial charge in [0.05, 0.1) is 18.4 Å². The molecule has 8 nitrogen and oxygen atoms in total. The highest BCUT2D eigenvalue weighted by Crippen LogP contribution is 2.40. The Kier molecular flexibility index (Phi) is 4.47. The first kappa shape index (κ1) is 16.5. The van der Waals surface area contributed by atoms with Crippen molar-refractivity contribution < 1.29 is 14.0 Å². The van der Waals surface area contributed by atoms with Crippen LogP contribution in [0.2, 0.25) is 0 Å². The molecule has 1 aliphatic carbocycles. The molecular weight excluding hydrogens is 322 g/mol. The molecule has 4 rings (SSSR count). The van der Waals surface area contributed by atoms with E-state index in [1.165, 1.54) is 12.8 Å². The van der Waals surface area contributed by atoms with Crippen LogP contribution in [0.4, 0.5) is 0 Å². The Bertz CT molecular complexity index is 737. The molecule has 1 N–H and O–H groups in total. The second kappa shape index (κ2) is 6.76. The van der Waals surface area contributed by atoms with Gasteiger partial charge in [0.15, 0.2) is 5.82 Å². The van der Waals surface area contributed by atoms with Crippen LogP contribution in [0.5, 0.6) is 5.88 Å². The molecule has 2 aliphatic rings. The number of nitrogens with zero attached hydrogens (tertiary/aromatic N) is 4. The molecule has 2 atom stereocenters. The second-order valence-electron chi connectivity index (χ2n) is 6.93. The van der Waals surface area contributed by atoms with Crippen molar-refractivity contribution in [3.05, 3.63) is 23.0 Å². The maximum atomic E-state index is 5.86. The van der Waals surface area contributed by atoms with Gasteiger partial charge in [-0.3, -0.25) is 0 Å². The highest BCUT2D eigenvalue weighted by Gasteiger charge is 2.36. The third kappa shape index (κ3) is 3.28. The molecule has 1 saturated heterocycles. The van der Waals surface area contributed by atoms with Crippen molar-refractivity contribution in [2.24, 2.45) is 13.0 Å². The number of ether oxygens (including phenoxy) is 2. The first-order valence-corrected chi connectivity index (χ1v) is 8.89. The lowest BCUT2D eigenvalue weighted by molar-refractivity contribution is 0.0623. The van der Waals surface area contributed by atoms with Crippen LogP contribution in [-0.4, -0.2) is 40.2 Å². The van der Waals surface area contributed by atoms with E-state index in [4.69, 9.17) is 14.0 Å². The zero-order valence-corrected chi connectivity index (χ0v) is 15.0. The summed E-state index contributed by atoms with van der Waals surface area (Å²) in [6.45, 7) is 4.26. The molecule has 0 aromatic carbocycles. The molecule has 1 aliphatic heterocycles. The van der Waals surface area contributed by atoms with E-state index in [2.05, 4.69) is 20.6 Å². The van der Waals surface area contributed by atoms with Gasteiger partial charge in [-0.15, -0.1) is 0 Å². The third-order valence-corrected chi connectivity index (χ3v) is 5.05. The van der Waals surface area contributed by atoms with Gasteiger partial charge in [0.25, 0.3) is 5.89 Å². The normalized spacial score (nSPS) is 23.3. The molecule has 0 bridgehead atoms. The molecule has 25 heavy (non-hydrogen) atoms. The van der Waals surface area contributed by atoms with Crippen LogP contribution >= 0.6 is 0 Å². The Labute approximate surface area is 146 Å². The number of hydrogen-bond acceptors (Lipinski definition) is 7. The summed E-state index contributed by atoms with van der Waals surface area (Å²) in [6, 6.07) is 0. The highest BCUT2D eigenvalue weighted by molar-refractivity contribution is 5.30. The molecule has 2 aromatic rings. The SMILES string of the molecule is COc1c(CNC[C@@H]2CCO[C@@H]2c2nc(C3CC3)no2)c(C)nn1C. The fourth-order valence-corrected chi connectivity index (χ4v) is 3.51. The van der Waals surface area contributed by atoms with Gasteiger partial charge in [-0.25, -0.2) is 4.68 Å². The van der Waals surface area contributed by atoms with E-state index in [1.54, 1.807) is 11.8 Å². The van der Waals surface area contributed by atoms with Gasteiger partial charge in [-0.2, -0.15) is 10.1 Å². The van der Waals surface area contributed by atoms with Crippen molar-refractivity contribution in [2.75, 3.05) is 20.3 Å². The summed E-state index contributed by atoms with van der Waals surface area (Å²) in [4.78, 5) is 4.55. The van der Waals surface area contributed by atoms with Gasteiger partial charge < -0.3 is 19.3 Å². The minimum atomic E-state index is -0.107. The summed E-state index contributed by atoms with van der Waals surface area (Å²) in [5.41, 5.74) is 2.08. The monoisotopic (exact) mass is 347 g/mol. The second-order valence-corrected chi connectivity index (χ2v) is 6.93. The zero-order chi connectivity index (χ0) is 17.4. The van der Waals surface area contributed by atoms with Crippen molar-refractivity contribution >= 4 is 0 Å². The van der Waals surface area contributed by atoms with Gasteiger partial charge in [0, 0.05) is 38.6 Å². The van der Waals surface area contributed by atoms with Gasteiger partial charge in [0.1, 0.15) is 6.10 Å². The Hall–Kier alpha value is -1.93. The number of aromatic nitrogens is 4. The van der Waals surface area contributed by atoms with Crippen molar-refractivity contribution in [3.8, 4) is 5.88 Å². The van der Waals surface area contributed by atoms with E-state index < -0.39 is 0 Å². The maximum absolute atomic E-state index is 5.86. The molecule has 2 fully saturated rings. The largest absolute Gasteiger partial charge is 0.481 e. The Morgan fingerprint density at radius 3 is 2.92 bits per heavy atom. The summed E-state index contributed by atoms with van der Waals surface area (Å²) < 4.78 is 18.5. The molecule has 1 saturated carbocycles. The molecule has 0 spiro atoms. The zero-order valence-electron chi connectivity index (χ0n) is 15.0. The third-order valence-electron chi connectivity index (χ3n) is 5.05. The van der Waals surface area contributed by atoms with Crippen molar-refractivity contribution in [1.82, 2.24) is 25.2 Å². The molecule has 8 heteroatoms. The van der Waals surface area contributed by atoms with Crippen molar-refractivity contribution in [1.29, 1.82) is 0 Å². The Balaban J connectivity index is 1.37. The minimum absolute atomic E-state index is 0.107. The average Bonchev–Trinajstić information content (AvgIpc) is 3.04. The van der Waals surface area contributed by atoms with E-state index in [1.807, 2.05) is 14.0 Å². The van der Waals surface area contributed by atoms with Gasteiger partial charge in [-0.05, 0) is 26.2 Å². The van der Waals surface area contributed by atoms with Crippen LogP contribution in [0.3, 0.4) is 0 Å². The van der Waals surface area contributed by atoms with Crippen LogP contribution in [0, 0.1) is 12.8 Å². The van der Waals surface area contributed by atoms with Gasteiger partial charge in [-0.1, -0.05) is 5.16 Å². The van der Waals surface area contributed by atoms with E-state index in [9.17, 15) is 0 Å². The number of rotatable bonds is 7. The average molecular weight is 347 g/mol. The van der Waals surface area contributed by atoms with E-state index in [0.717, 1.165) is 42.5 Å². The van der Waals surface area contributed by atoms with Crippen molar-refractivity contribution in [3.63, 3.8) is 0 Å². The van der Waals surface area contributed by atoms with Crippen LogP contribution in [0.1, 0.15) is 54.3 Å². The molecule has 136 valence electrons. The van der Waals surface area contributed by atoms with Crippen molar-refractivity contribution in [2.45, 2.75) is 44.8 Å². The predicted molar refractivity (Wildman–Crippen MR) is 89.3 cm³/mol. The molecule has 0 radical (unpaired) electrons. The minimum Gasteiger partial charge on any atom is -0.481 e. The van der Waals surface area contributed by atoms with Crippen LogP contribution in [-0.2, 0) is 18.3 Å². The quantitative estimate of drug-likeness (QED) is 0.818. The standard InChI is InChI=1S/C17H25N5O3/c1-10-13(17(23-3)22(2)20-10)9-18-8-12-6-7-24-14(12)16-19-15(21-25-16)11-4-5-11/h11-12,14,18H,4-9H2,1-3H3/t12-,14-/m0/s1. The topological polar surface area (TPSA) is 87.2 Å². The number of nitrogens with one attached hydrogen (secondary N) is 1. The molecular formula is C17H25N5O3. The number of hydrogen-bond donors (Lipinski definition) is 1. The fraction of sp³-hybridized carbons (Fsp3) is 0.706. The van der Waals surface area contributed by atoms with E-state index in [-0.39, 0.29) is 6.10 Å². The lowest BCUT2D eigenvalue weighted by atomic mass is 10.0. The molecule has 3 heterocycles. The highest BCUT2D eigenvalue weighted by atomic mass is 16.5. The smallest absolute Gasteiger partial charge is 0.256 e. The van der Waals surface area contributed by atoms with Crippen LogP contribution < -0.4 is 10.1 Å². The first-order valence-electron chi connectivity index (χ1n) is 8.89. The van der Waals surface area contributed by atoms with Gasteiger partial charge in [0.2, 0.25) is 5.88 Å². The predicted octanol–water partition coefficient (Wildman–Crippen LogP) is 1.86. The Morgan fingerprint density at radius 2 is 2.16 bits per heavy atom. The van der Waals surface area contributed by atoms with E-state index in [0.29, 0.717) is 24.3 Å². The van der Waals surface area contributed by atoms with Crippen LogP contribution in [0.25, 0.3) is 0 Å². The summed E-state index contributed by atoms with van der Waals surface area (Å²) >= 11 is 0. The summed E-state index contributed by atoms with van der Waals surface area (Å²) in [7, 11) is 3.57. The summed E-state index contributed by atoms with van der Waals surface area (Å²) in [5.74, 6) is 3.09. The van der Waals surface area contributed by atoms with Crippen LogP contribution in [0.15, 0.2) is 4.52 Å². The lowest BCUT2D eigenvalue weighted by Gasteiger charge is -2.15. The lowest BCUT2D eigenvalue weighted by Crippen LogP contribution is -2.25. The summed E-state index contributed by atoms with van der Waals surface area (Å²) in [5, 5.41) is 12.0. The fourth-order valence-electron chi connectivity index (χ4n) is 3.51. The number of aryl methyl sites for hydroxylation is 2. The summed E-state index contributed by atoms with van der Waals surface area (Å²) in [6.07, 6.45) is 3.22. The molecule has 0 unspecified atom stereocenters.